The normalized spacial score (nSPS) is 40.4. The molecule has 1 aliphatic rings. The van der Waals surface area contributed by atoms with E-state index in [1.807, 2.05) is 0 Å². The van der Waals surface area contributed by atoms with Gasteiger partial charge in [0.05, 0.1) is 0 Å². The SMILES string of the molecule is N[C@]1(C(=O)O)C[C@@H]1CO. The van der Waals surface area contributed by atoms with Crippen LogP contribution in [0.3, 0.4) is 0 Å². The minimum absolute atomic E-state index is 0.122. The molecule has 1 fully saturated rings. The highest BCUT2D eigenvalue weighted by molar-refractivity contribution is 5.82. The summed E-state index contributed by atoms with van der Waals surface area (Å²) < 4.78 is 0. The zero-order valence-corrected chi connectivity index (χ0v) is 4.87. The molecule has 4 N–H and O–H groups in total. The molecule has 0 bridgehead atoms. The molecule has 52 valence electrons. The van der Waals surface area contributed by atoms with Crippen molar-refractivity contribution < 1.29 is 15.0 Å². The smallest absolute Gasteiger partial charge is 0.324 e. The molecule has 9 heavy (non-hydrogen) atoms. The van der Waals surface area contributed by atoms with E-state index in [4.69, 9.17) is 15.9 Å². The van der Waals surface area contributed by atoms with Gasteiger partial charge in [-0.25, -0.2) is 0 Å². The second-order valence-corrected chi connectivity index (χ2v) is 2.43. The van der Waals surface area contributed by atoms with Gasteiger partial charge in [0.1, 0.15) is 5.54 Å². The van der Waals surface area contributed by atoms with E-state index in [2.05, 4.69) is 0 Å². The molecule has 4 nitrogen and oxygen atoms in total. The molecule has 0 aromatic heterocycles. The summed E-state index contributed by atoms with van der Waals surface area (Å²) in [6, 6.07) is 0. The molecule has 0 radical (unpaired) electrons. The largest absolute Gasteiger partial charge is 0.480 e. The number of aliphatic carboxylic acids is 1. The first-order chi connectivity index (χ1) is 4.11. The van der Waals surface area contributed by atoms with Crippen molar-refractivity contribution in [2.45, 2.75) is 12.0 Å². The van der Waals surface area contributed by atoms with Gasteiger partial charge < -0.3 is 15.9 Å². The lowest BCUT2D eigenvalue weighted by Crippen LogP contribution is -2.35. The minimum atomic E-state index is -1.12. The third kappa shape index (κ3) is 0.799. The lowest BCUT2D eigenvalue weighted by Gasteiger charge is -2.00. The van der Waals surface area contributed by atoms with Crippen LogP contribution in [0.1, 0.15) is 6.42 Å². The Morgan fingerprint density at radius 1 is 1.89 bits per heavy atom. The van der Waals surface area contributed by atoms with Crippen LogP contribution in [0, 0.1) is 5.92 Å². The summed E-state index contributed by atoms with van der Waals surface area (Å²) in [6.45, 7) is -0.122. The fraction of sp³-hybridized carbons (Fsp3) is 0.800. The summed E-state index contributed by atoms with van der Waals surface area (Å²) in [7, 11) is 0. The molecule has 0 aromatic rings. The van der Waals surface area contributed by atoms with Gasteiger partial charge >= 0.3 is 5.97 Å². The summed E-state index contributed by atoms with van der Waals surface area (Å²) in [6.07, 6.45) is 0.402. The molecule has 0 amide bonds. The van der Waals surface area contributed by atoms with E-state index in [1.165, 1.54) is 0 Å². The number of aliphatic hydroxyl groups excluding tert-OH is 1. The Kier molecular flexibility index (Phi) is 1.22. The average Bonchev–Trinajstić information content (AvgIpc) is 2.44. The van der Waals surface area contributed by atoms with Gasteiger partial charge in [0.2, 0.25) is 0 Å². The molecule has 0 unspecified atom stereocenters. The van der Waals surface area contributed by atoms with Crippen LogP contribution >= 0.6 is 0 Å². The fourth-order valence-corrected chi connectivity index (χ4v) is 0.838. The average molecular weight is 131 g/mol. The van der Waals surface area contributed by atoms with Gasteiger partial charge in [-0.2, -0.15) is 0 Å². The van der Waals surface area contributed by atoms with Crippen molar-refractivity contribution in [3.8, 4) is 0 Å². The van der Waals surface area contributed by atoms with Crippen LogP contribution in [0.4, 0.5) is 0 Å². The Labute approximate surface area is 52.3 Å². The van der Waals surface area contributed by atoms with E-state index < -0.39 is 11.5 Å². The Morgan fingerprint density at radius 3 is 2.56 bits per heavy atom. The van der Waals surface area contributed by atoms with Crippen molar-refractivity contribution >= 4 is 5.97 Å². The van der Waals surface area contributed by atoms with Crippen LogP contribution in [0.2, 0.25) is 0 Å². The number of hydrogen-bond donors (Lipinski definition) is 3. The number of rotatable bonds is 2. The van der Waals surface area contributed by atoms with Crippen LogP contribution in [0.5, 0.6) is 0 Å². The van der Waals surface area contributed by atoms with Crippen LogP contribution in [-0.4, -0.2) is 28.3 Å². The summed E-state index contributed by atoms with van der Waals surface area (Å²) in [5.74, 6) is -1.24. The lowest BCUT2D eigenvalue weighted by molar-refractivity contribution is -0.140. The van der Waals surface area contributed by atoms with Crippen LogP contribution in [0.25, 0.3) is 0 Å². The standard InChI is InChI=1S/C5H9NO3/c6-5(4(8)9)1-3(5)2-7/h3,7H,1-2,6H2,(H,8,9)/t3-,5-/m1/s1. The molecule has 0 heterocycles. The van der Waals surface area contributed by atoms with E-state index in [0.717, 1.165) is 0 Å². The van der Waals surface area contributed by atoms with Gasteiger partial charge in [-0.1, -0.05) is 0 Å². The quantitative estimate of drug-likeness (QED) is 0.438. The molecule has 0 saturated heterocycles. The molecule has 1 saturated carbocycles. The van der Waals surface area contributed by atoms with Crippen molar-refractivity contribution in [3.05, 3.63) is 0 Å². The number of carboxylic acids is 1. The van der Waals surface area contributed by atoms with Gasteiger partial charge in [0.25, 0.3) is 0 Å². The second kappa shape index (κ2) is 1.68. The number of carbonyl (C=O) groups is 1. The molecular formula is C5H9NO3. The molecule has 2 atom stereocenters. The van der Waals surface area contributed by atoms with E-state index in [9.17, 15) is 4.79 Å². The van der Waals surface area contributed by atoms with Gasteiger partial charge in [-0.3, -0.25) is 4.79 Å². The highest BCUT2D eigenvalue weighted by Gasteiger charge is 2.57. The number of nitrogens with two attached hydrogens (primary N) is 1. The zero-order chi connectivity index (χ0) is 7.07. The highest BCUT2D eigenvalue weighted by atomic mass is 16.4. The minimum Gasteiger partial charge on any atom is -0.480 e. The maximum absolute atomic E-state index is 10.2. The van der Waals surface area contributed by atoms with Gasteiger partial charge in [0.15, 0.2) is 0 Å². The lowest BCUT2D eigenvalue weighted by atomic mass is 10.2. The highest BCUT2D eigenvalue weighted by Crippen LogP contribution is 2.40. The maximum atomic E-state index is 10.2. The number of carboxylic acid groups (broad SMARTS) is 1. The fourth-order valence-electron chi connectivity index (χ4n) is 0.838. The summed E-state index contributed by atoms with van der Waals surface area (Å²) >= 11 is 0. The van der Waals surface area contributed by atoms with Crippen LogP contribution < -0.4 is 5.73 Å². The first-order valence-corrected chi connectivity index (χ1v) is 2.74. The molecule has 1 aliphatic carbocycles. The second-order valence-electron chi connectivity index (χ2n) is 2.43. The van der Waals surface area contributed by atoms with Gasteiger partial charge in [-0.15, -0.1) is 0 Å². The predicted octanol–water partition coefficient (Wildman–Crippen LogP) is -1.22. The maximum Gasteiger partial charge on any atom is 0.324 e. The Bertz CT molecular complexity index is 147. The molecule has 4 heteroatoms. The molecular weight excluding hydrogens is 122 g/mol. The summed E-state index contributed by atoms with van der Waals surface area (Å²) in [5.41, 5.74) is 4.17. The Hall–Kier alpha value is -0.610. The van der Waals surface area contributed by atoms with Crippen molar-refractivity contribution in [2.75, 3.05) is 6.61 Å². The zero-order valence-electron chi connectivity index (χ0n) is 4.87. The monoisotopic (exact) mass is 131 g/mol. The van der Waals surface area contributed by atoms with Crippen molar-refractivity contribution in [1.29, 1.82) is 0 Å². The summed E-state index contributed by atoms with van der Waals surface area (Å²) in [5, 5.41) is 16.8. The molecule has 1 rings (SSSR count). The molecule has 0 aromatic carbocycles. The van der Waals surface area contributed by atoms with E-state index in [1.54, 1.807) is 0 Å². The molecule has 0 aliphatic heterocycles. The Morgan fingerprint density at radius 2 is 2.44 bits per heavy atom. The van der Waals surface area contributed by atoms with Gasteiger partial charge in [0, 0.05) is 12.5 Å². The third-order valence-electron chi connectivity index (χ3n) is 1.77. The number of aliphatic hydroxyl groups is 1. The van der Waals surface area contributed by atoms with Crippen molar-refractivity contribution in [3.63, 3.8) is 0 Å². The Balaban J connectivity index is 2.52. The summed E-state index contributed by atoms with van der Waals surface area (Å²) in [4.78, 5) is 10.2. The van der Waals surface area contributed by atoms with Gasteiger partial charge in [-0.05, 0) is 6.42 Å². The third-order valence-corrected chi connectivity index (χ3v) is 1.77. The first-order valence-electron chi connectivity index (χ1n) is 2.74. The van der Waals surface area contributed by atoms with Crippen molar-refractivity contribution in [1.82, 2.24) is 0 Å². The van der Waals surface area contributed by atoms with Crippen molar-refractivity contribution in [2.24, 2.45) is 11.7 Å². The van der Waals surface area contributed by atoms with E-state index in [0.29, 0.717) is 6.42 Å². The predicted molar refractivity (Wildman–Crippen MR) is 29.7 cm³/mol. The van der Waals surface area contributed by atoms with E-state index in [-0.39, 0.29) is 12.5 Å². The number of hydrogen-bond acceptors (Lipinski definition) is 3. The first kappa shape index (κ1) is 6.51. The van der Waals surface area contributed by atoms with Crippen LogP contribution in [0.15, 0.2) is 0 Å². The van der Waals surface area contributed by atoms with Crippen LogP contribution in [-0.2, 0) is 4.79 Å². The molecule has 0 spiro atoms. The van der Waals surface area contributed by atoms with E-state index >= 15 is 0 Å². The topological polar surface area (TPSA) is 83.6 Å².